The summed E-state index contributed by atoms with van der Waals surface area (Å²) in [4.78, 5) is 21.7. The van der Waals surface area contributed by atoms with Gasteiger partial charge in [0, 0.05) is 5.56 Å². The third-order valence-corrected chi connectivity index (χ3v) is 2.46. The first-order valence-corrected chi connectivity index (χ1v) is 5.45. The number of rotatable bonds is 4. The molecular weight excluding hydrogens is 295 g/mol. The van der Waals surface area contributed by atoms with Gasteiger partial charge in [-0.05, 0) is 34.1 Å². The smallest absolute Gasteiger partial charge is 0.404 e. The lowest BCUT2D eigenvalue weighted by Crippen LogP contribution is -2.29. The van der Waals surface area contributed by atoms with Crippen molar-refractivity contribution in [2.75, 3.05) is 13.2 Å². The van der Waals surface area contributed by atoms with E-state index < -0.39 is 17.8 Å². The Labute approximate surface area is 105 Å². The Kier molecular flexibility index (Phi) is 4.89. The first-order chi connectivity index (χ1) is 8.00. The van der Waals surface area contributed by atoms with E-state index in [-0.39, 0.29) is 23.2 Å². The highest BCUT2D eigenvalue weighted by atomic mass is 79.9. The van der Waals surface area contributed by atoms with Gasteiger partial charge in [-0.3, -0.25) is 4.79 Å². The van der Waals surface area contributed by atoms with E-state index in [2.05, 4.69) is 26.0 Å². The van der Waals surface area contributed by atoms with Gasteiger partial charge in [0.25, 0.3) is 5.91 Å². The van der Waals surface area contributed by atoms with Crippen LogP contribution in [0, 0.1) is 5.82 Å². The van der Waals surface area contributed by atoms with E-state index in [0.717, 1.165) is 6.07 Å². The minimum atomic E-state index is -0.908. The Morgan fingerprint density at radius 1 is 1.47 bits per heavy atom. The summed E-state index contributed by atoms with van der Waals surface area (Å²) >= 11 is 2.98. The van der Waals surface area contributed by atoms with Gasteiger partial charge in [-0.1, -0.05) is 0 Å². The maximum absolute atomic E-state index is 13.1. The molecule has 0 heterocycles. The number of nitrogens with one attached hydrogen (secondary N) is 1. The van der Waals surface area contributed by atoms with Crippen LogP contribution in [0.4, 0.5) is 9.18 Å². The molecule has 92 valence electrons. The van der Waals surface area contributed by atoms with Crippen molar-refractivity contribution in [1.82, 2.24) is 5.32 Å². The number of nitrogens with two attached hydrogens (primary N) is 1. The molecule has 0 aliphatic carbocycles. The fourth-order valence-electron chi connectivity index (χ4n) is 1.06. The number of ether oxygens (including phenoxy) is 1. The summed E-state index contributed by atoms with van der Waals surface area (Å²) in [7, 11) is 0. The van der Waals surface area contributed by atoms with E-state index >= 15 is 0 Å². The Morgan fingerprint density at radius 2 is 2.18 bits per heavy atom. The number of hydrogen-bond donors (Lipinski definition) is 2. The number of primary amides is 1. The number of benzene rings is 1. The molecule has 1 aromatic rings. The van der Waals surface area contributed by atoms with Crippen molar-refractivity contribution in [1.29, 1.82) is 0 Å². The number of halogens is 2. The van der Waals surface area contributed by atoms with Gasteiger partial charge in [0.15, 0.2) is 0 Å². The molecule has 0 bridgehead atoms. The highest BCUT2D eigenvalue weighted by molar-refractivity contribution is 9.10. The molecule has 17 heavy (non-hydrogen) atoms. The van der Waals surface area contributed by atoms with E-state index in [4.69, 9.17) is 5.73 Å². The zero-order chi connectivity index (χ0) is 12.8. The SMILES string of the molecule is NC(=O)OCCNC(=O)c1ccc(Br)c(F)c1. The summed E-state index contributed by atoms with van der Waals surface area (Å²) in [6, 6.07) is 4.01. The molecule has 2 amide bonds. The van der Waals surface area contributed by atoms with Crippen molar-refractivity contribution >= 4 is 27.9 Å². The molecule has 1 rings (SSSR count). The molecule has 0 aliphatic rings. The average Bonchev–Trinajstić information content (AvgIpc) is 2.27. The lowest BCUT2D eigenvalue weighted by molar-refractivity contribution is 0.0936. The highest BCUT2D eigenvalue weighted by Crippen LogP contribution is 2.16. The highest BCUT2D eigenvalue weighted by Gasteiger charge is 2.08. The lowest BCUT2D eigenvalue weighted by atomic mass is 10.2. The average molecular weight is 305 g/mol. The molecule has 3 N–H and O–H groups in total. The molecule has 0 atom stereocenters. The minimum Gasteiger partial charge on any atom is -0.448 e. The van der Waals surface area contributed by atoms with Crippen LogP contribution < -0.4 is 11.1 Å². The van der Waals surface area contributed by atoms with Crippen LogP contribution in [-0.2, 0) is 4.74 Å². The van der Waals surface area contributed by atoms with Gasteiger partial charge in [0.2, 0.25) is 0 Å². The third-order valence-electron chi connectivity index (χ3n) is 1.81. The number of carbonyl (C=O) groups is 2. The second-order valence-electron chi connectivity index (χ2n) is 3.05. The zero-order valence-electron chi connectivity index (χ0n) is 8.70. The largest absolute Gasteiger partial charge is 0.448 e. The van der Waals surface area contributed by atoms with Gasteiger partial charge >= 0.3 is 6.09 Å². The molecule has 5 nitrogen and oxygen atoms in total. The zero-order valence-corrected chi connectivity index (χ0v) is 10.3. The van der Waals surface area contributed by atoms with E-state index in [1.165, 1.54) is 12.1 Å². The summed E-state index contributed by atoms with van der Waals surface area (Å²) in [5, 5.41) is 2.45. The van der Waals surface area contributed by atoms with Crippen molar-refractivity contribution in [2.45, 2.75) is 0 Å². The van der Waals surface area contributed by atoms with Crippen molar-refractivity contribution in [3.63, 3.8) is 0 Å². The molecule has 0 saturated heterocycles. The lowest BCUT2D eigenvalue weighted by Gasteiger charge is -2.05. The Bertz CT molecular complexity index is 440. The fourth-order valence-corrected chi connectivity index (χ4v) is 1.30. The van der Waals surface area contributed by atoms with Gasteiger partial charge in [0.1, 0.15) is 12.4 Å². The second kappa shape index (κ2) is 6.19. The fraction of sp³-hybridized carbons (Fsp3) is 0.200. The summed E-state index contributed by atoms with van der Waals surface area (Å²) in [6.45, 7) is 0.0829. The van der Waals surface area contributed by atoms with E-state index in [0.29, 0.717) is 0 Å². The van der Waals surface area contributed by atoms with Crippen LogP contribution in [0.25, 0.3) is 0 Å². The summed E-state index contributed by atoms with van der Waals surface area (Å²) in [5.74, 6) is -0.976. The molecule has 0 unspecified atom stereocenters. The van der Waals surface area contributed by atoms with Crippen molar-refractivity contribution < 1.29 is 18.7 Å². The van der Waals surface area contributed by atoms with Crippen molar-refractivity contribution in [2.24, 2.45) is 5.73 Å². The standard InChI is InChI=1S/C10H10BrFN2O3/c11-7-2-1-6(5-8(7)12)9(15)14-3-4-17-10(13)16/h1-2,5H,3-4H2,(H2,13,16)(H,14,15). The minimum absolute atomic E-state index is 0.0277. The third kappa shape index (κ3) is 4.39. The van der Waals surface area contributed by atoms with E-state index in [9.17, 15) is 14.0 Å². The summed E-state index contributed by atoms with van der Waals surface area (Å²) in [6.07, 6.45) is -0.908. The van der Waals surface area contributed by atoms with Crippen LogP contribution in [0.5, 0.6) is 0 Å². The molecular formula is C10H10BrFN2O3. The monoisotopic (exact) mass is 304 g/mol. The Hall–Kier alpha value is -1.63. The van der Waals surface area contributed by atoms with Crippen LogP contribution >= 0.6 is 15.9 Å². The molecule has 0 saturated carbocycles. The molecule has 0 radical (unpaired) electrons. The van der Waals surface area contributed by atoms with Crippen LogP contribution in [-0.4, -0.2) is 25.2 Å². The van der Waals surface area contributed by atoms with E-state index in [1.807, 2.05) is 0 Å². The van der Waals surface area contributed by atoms with Crippen LogP contribution in [0.3, 0.4) is 0 Å². The maximum Gasteiger partial charge on any atom is 0.404 e. The maximum atomic E-state index is 13.1. The summed E-state index contributed by atoms with van der Waals surface area (Å²) < 4.78 is 17.8. The molecule has 7 heteroatoms. The second-order valence-corrected chi connectivity index (χ2v) is 3.91. The van der Waals surface area contributed by atoms with E-state index in [1.54, 1.807) is 0 Å². The number of carbonyl (C=O) groups excluding carboxylic acids is 2. The van der Waals surface area contributed by atoms with Crippen molar-refractivity contribution in [3.8, 4) is 0 Å². The molecule has 1 aromatic carbocycles. The number of amides is 2. The Morgan fingerprint density at radius 3 is 2.76 bits per heavy atom. The first-order valence-electron chi connectivity index (χ1n) is 4.66. The topological polar surface area (TPSA) is 81.4 Å². The predicted octanol–water partition coefficient (Wildman–Crippen LogP) is 1.41. The van der Waals surface area contributed by atoms with Crippen LogP contribution in [0.2, 0.25) is 0 Å². The molecule has 0 aromatic heterocycles. The molecule has 0 spiro atoms. The van der Waals surface area contributed by atoms with Gasteiger partial charge in [-0.25, -0.2) is 9.18 Å². The van der Waals surface area contributed by atoms with Crippen LogP contribution in [0.1, 0.15) is 10.4 Å². The molecule has 0 aliphatic heterocycles. The van der Waals surface area contributed by atoms with Gasteiger partial charge in [0.05, 0.1) is 11.0 Å². The molecule has 0 fully saturated rings. The van der Waals surface area contributed by atoms with Crippen molar-refractivity contribution in [3.05, 3.63) is 34.1 Å². The number of hydrogen-bond acceptors (Lipinski definition) is 3. The quantitative estimate of drug-likeness (QED) is 0.825. The first kappa shape index (κ1) is 13.4. The van der Waals surface area contributed by atoms with Gasteiger partial charge in [-0.15, -0.1) is 0 Å². The normalized spacial score (nSPS) is 9.76. The Balaban J connectivity index is 2.47. The predicted molar refractivity (Wildman–Crippen MR) is 62.0 cm³/mol. The van der Waals surface area contributed by atoms with Crippen LogP contribution in [0.15, 0.2) is 22.7 Å². The van der Waals surface area contributed by atoms with Gasteiger partial charge < -0.3 is 15.8 Å². The summed E-state index contributed by atoms with van der Waals surface area (Å²) in [5.41, 5.74) is 4.91. The van der Waals surface area contributed by atoms with Gasteiger partial charge in [-0.2, -0.15) is 0 Å².